The number of hydrogen-bond donors (Lipinski definition) is 1. The topological polar surface area (TPSA) is 57.6 Å². The molecule has 4 rings (SSSR count). The van der Waals surface area contributed by atoms with Gasteiger partial charge in [0.05, 0.1) is 17.5 Å². The van der Waals surface area contributed by atoms with Crippen molar-refractivity contribution in [2.24, 2.45) is 23.7 Å². The Bertz CT molecular complexity index is 574. The molecule has 4 nitrogen and oxygen atoms in total. The third-order valence-corrected chi connectivity index (χ3v) is 4.58. The van der Waals surface area contributed by atoms with Crippen LogP contribution in [0.25, 0.3) is 0 Å². The number of nitrogens with zero attached hydrogens (tertiary/aromatic N) is 1. The number of benzene rings is 1. The average molecular weight is 255 g/mol. The highest BCUT2D eigenvalue weighted by Gasteiger charge is 2.59. The molecule has 1 saturated heterocycles. The lowest BCUT2D eigenvalue weighted by Gasteiger charge is -2.17. The van der Waals surface area contributed by atoms with Gasteiger partial charge in [-0.3, -0.25) is 14.5 Å². The predicted molar refractivity (Wildman–Crippen MR) is 68.3 cm³/mol. The normalized spacial score (nSPS) is 35.3. The first-order valence-corrected chi connectivity index (χ1v) is 6.52. The Kier molecular flexibility index (Phi) is 1.97. The van der Waals surface area contributed by atoms with Crippen LogP contribution >= 0.6 is 0 Å². The Morgan fingerprint density at radius 3 is 2.00 bits per heavy atom. The number of hydrogen-bond acceptors (Lipinski definition) is 3. The fourth-order valence-corrected chi connectivity index (χ4v) is 3.76. The summed E-state index contributed by atoms with van der Waals surface area (Å²) in [5.74, 6) is 0.0783. The second-order valence-electron chi connectivity index (χ2n) is 5.53. The molecule has 1 aromatic rings. The van der Waals surface area contributed by atoms with Crippen LogP contribution in [0.15, 0.2) is 36.4 Å². The van der Waals surface area contributed by atoms with Crippen molar-refractivity contribution in [3.8, 4) is 5.75 Å². The summed E-state index contributed by atoms with van der Waals surface area (Å²) in [6, 6.07) is 6.22. The number of anilines is 1. The monoisotopic (exact) mass is 255 g/mol. The summed E-state index contributed by atoms with van der Waals surface area (Å²) in [6.07, 6.45) is 5.10. The summed E-state index contributed by atoms with van der Waals surface area (Å²) < 4.78 is 0. The molecule has 1 heterocycles. The molecular weight excluding hydrogens is 242 g/mol. The van der Waals surface area contributed by atoms with Crippen LogP contribution in [0.1, 0.15) is 6.42 Å². The Balaban J connectivity index is 1.74. The number of allylic oxidation sites excluding steroid dienone is 2. The number of aromatic hydroxyl groups is 1. The van der Waals surface area contributed by atoms with Crippen LogP contribution in [-0.2, 0) is 9.59 Å². The van der Waals surface area contributed by atoms with Crippen LogP contribution in [-0.4, -0.2) is 16.9 Å². The van der Waals surface area contributed by atoms with Crippen molar-refractivity contribution in [3.05, 3.63) is 36.4 Å². The zero-order chi connectivity index (χ0) is 13.1. The van der Waals surface area contributed by atoms with Crippen molar-refractivity contribution in [1.82, 2.24) is 0 Å². The van der Waals surface area contributed by atoms with Gasteiger partial charge in [0.2, 0.25) is 11.8 Å². The van der Waals surface area contributed by atoms with Crippen molar-refractivity contribution < 1.29 is 14.7 Å². The highest BCUT2D eigenvalue weighted by Crippen LogP contribution is 2.53. The summed E-state index contributed by atoms with van der Waals surface area (Å²) in [7, 11) is 0. The molecular formula is C15H13NO3. The van der Waals surface area contributed by atoms with Gasteiger partial charge in [0, 0.05) is 0 Å². The molecule has 3 aliphatic rings. The maximum absolute atomic E-state index is 12.5. The molecule has 1 saturated carbocycles. The molecule has 96 valence electrons. The van der Waals surface area contributed by atoms with Crippen LogP contribution in [0.4, 0.5) is 5.69 Å². The average Bonchev–Trinajstić information content (AvgIpc) is 3.06. The minimum absolute atomic E-state index is 0.0856. The molecule has 1 aromatic carbocycles. The van der Waals surface area contributed by atoms with Gasteiger partial charge in [0.25, 0.3) is 0 Å². The Labute approximate surface area is 110 Å². The second kappa shape index (κ2) is 3.47. The Hall–Kier alpha value is -2.10. The third kappa shape index (κ3) is 1.28. The maximum Gasteiger partial charge on any atom is 0.238 e. The summed E-state index contributed by atoms with van der Waals surface area (Å²) in [5, 5.41) is 9.29. The van der Waals surface area contributed by atoms with Crippen LogP contribution in [0.5, 0.6) is 5.75 Å². The molecule has 0 aromatic heterocycles. The largest absolute Gasteiger partial charge is 0.508 e. The van der Waals surface area contributed by atoms with Gasteiger partial charge < -0.3 is 5.11 Å². The number of rotatable bonds is 1. The van der Waals surface area contributed by atoms with Crippen molar-refractivity contribution in [2.75, 3.05) is 4.90 Å². The lowest BCUT2D eigenvalue weighted by atomic mass is 9.85. The molecule has 1 N–H and O–H groups in total. The zero-order valence-electron chi connectivity index (χ0n) is 10.2. The van der Waals surface area contributed by atoms with Gasteiger partial charge in [-0.25, -0.2) is 0 Å². The van der Waals surface area contributed by atoms with Crippen LogP contribution in [0.3, 0.4) is 0 Å². The van der Waals surface area contributed by atoms with E-state index < -0.39 is 0 Å². The van der Waals surface area contributed by atoms with Crippen molar-refractivity contribution in [2.45, 2.75) is 6.42 Å². The van der Waals surface area contributed by atoms with Gasteiger partial charge >= 0.3 is 0 Å². The van der Waals surface area contributed by atoms with E-state index in [1.807, 2.05) is 0 Å². The number of amides is 2. The highest BCUT2D eigenvalue weighted by molar-refractivity contribution is 6.22. The molecule has 2 bridgehead atoms. The molecule has 2 aliphatic carbocycles. The lowest BCUT2D eigenvalue weighted by Crippen LogP contribution is -2.32. The van der Waals surface area contributed by atoms with Crippen LogP contribution in [0.2, 0.25) is 0 Å². The Morgan fingerprint density at radius 1 is 0.947 bits per heavy atom. The molecule has 4 atom stereocenters. The van der Waals surface area contributed by atoms with E-state index in [2.05, 4.69) is 12.2 Å². The number of imide groups is 1. The van der Waals surface area contributed by atoms with Gasteiger partial charge in [-0.1, -0.05) is 12.2 Å². The number of carbonyl (C=O) groups excluding carboxylic acids is 2. The highest BCUT2D eigenvalue weighted by atomic mass is 16.3. The van der Waals surface area contributed by atoms with Crippen molar-refractivity contribution in [1.29, 1.82) is 0 Å². The Morgan fingerprint density at radius 2 is 1.47 bits per heavy atom. The van der Waals surface area contributed by atoms with E-state index in [0.717, 1.165) is 6.42 Å². The van der Waals surface area contributed by atoms with E-state index in [1.54, 1.807) is 12.1 Å². The van der Waals surface area contributed by atoms with Gasteiger partial charge in [-0.2, -0.15) is 0 Å². The van der Waals surface area contributed by atoms with E-state index in [-0.39, 0.29) is 41.2 Å². The molecule has 4 heteroatoms. The summed E-state index contributed by atoms with van der Waals surface area (Å²) in [5.41, 5.74) is 0.557. The number of fused-ring (bicyclic) bond motifs is 5. The number of phenolic OH excluding ortho intramolecular Hbond substituents is 1. The van der Waals surface area contributed by atoms with Gasteiger partial charge in [-0.05, 0) is 42.5 Å². The zero-order valence-corrected chi connectivity index (χ0v) is 10.2. The lowest BCUT2D eigenvalue weighted by molar-refractivity contribution is -0.123. The van der Waals surface area contributed by atoms with E-state index in [9.17, 15) is 14.7 Å². The first-order chi connectivity index (χ1) is 9.16. The van der Waals surface area contributed by atoms with Crippen molar-refractivity contribution >= 4 is 17.5 Å². The standard InChI is InChI=1S/C15H13NO3/c17-11-5-3-10(4-6-11)16-14(18)12-8-1-2-9(7-8)13(12)15(16)19/h1-6,8-9,12-13,17H,7H2/t8-,9+,12-,13-/m0/s1. The smallest absolute Gasteiger partial charge is 0.238 e. The fraction of sp³-hybridized carbons (Fsp3) is 0.333. The first kappa shape index (κ1) is 10.8. The molecule has 0 unspecified atom stereocenters. The molecule has 0 radical (unpaired) electrons. The summed E-state index contributed by atoms with van der Waals surface area (Å²) in [4.78, 5) is 26.3. The molecule has 1 aliphatic heterocycles. The third-order valence-electron chi connectivity index (χ3n) is 4.58. The maximum atomic E-state index is 12.5. The van der Waals surface area contributed by atoms with E-state index in [1.165, 1.54) is 17.0 Å². The number of phenols is 1. The SMILES string of the molecule is O=C1[C@@H]2[C@@H](C(=O)N1c1ccc(O)cc1)[C@H]1C=C[C@@H]2C1. The molecule has 2 amide bonds. The summed E-state index contributed by atoms with van der Waals surface area (Å²) in [6.45, 7) is 0. The molecule has 2 fully saturated rings. The number of carbonyl (C=O) groups is 2. The predicted octanol–water partition coefficient (Wildman–Crippen LogP) is 1.70. The van der Waals surface area contributed by atoms with E-state index in [4.69, 9.17) is 0 Å². The van der Waals surface area contributed by atoms with E-state index in [0.29, 0.717) is 5.69 Å². The minimum atomic E-state index is -0.170. The quantitative estimate of drug-likeness (QED) is 0.614. The first-order valence-electron chi connectivity index (χ1n) is 6.52. The van der Waals surface area contributed by atoms with Gasteiger partial charge in [0.15, 0.2) is 0 Å². The fourth-order valence-electron chi connectivity index (χ4n) is 3.76. The van der Waals surface area contributed by atoms with Crippen LogP contribution in [0, 0.1) is 23.7 Å². The summed E-state index contributed by atoms with van der Waals surface area (Å²) >= 11 is 0. The molecule has 19 heavy (non-hydrogen) atoms. The van der Waals surface area contributed by atoms with E-state index >= 15 is 0 Å². The van der Waals surface area contributed by atoms with Gasteiger partial charge in [-0.15, -0.1) is 0 Å². The van der Waals surface area contributed by atoms with Crippen molar-refractivity contribution in [3.63, 3.8) is 0 Å². The van der Waals surface area contributed by atoms with Gasteiger partial charge in [0.1, 0.15) is 5.75 Å². The molecule has 0 spiro atoms. The minimum Gasteiger partial charge on any atom is -0.508 e. The second-order valence-corrected chi connectivity index (χ2v) is 5.53. The van der Waals surface area contributed by atoms with Crippen LogP contribution < -0.4 is 4.90 Å².